The number of Topliss-reactive ketones (excluding diaryl/α,β-unsaturated/α-hetero) is 1. The lowest BCUT2D eigenvalue weighted by molar-refractivity contribution is -0.140. The fourth-order valence-corrected chi connectivity index (χ4v) is 7.71. The van der Waals surface area contributed by atoms with E-state index in [0.29, 0.717) is 13.0 Å². The molecule has 1 N–H and O–H groups in total. The molecule has 4 aliphatic rings. The Hall–Kier alpha value is -0.273. The number of carbonyl (C=O) groups is 1. The van der Waals surface area contributed by atoms with Crippen LogP contribution < -0.4 is 0 Å². The highest BCUT2D eigenvalue weighted by Gasteiger charge is 2.85. The summed E-state index contributed by atoms with van der Waals surface area (Å²) in [5.41, 5.74) is -1.59. The van der Waals surface area contributed by atoms with Crippen LogP contribution in [0, 0.1) is 17.3 Å². The average molecular weight is 455 g/mol. The van der Waals surface area contributed by atoms with Gasteiger partial charge < -0.3 is 14.3 Å². The molecule has 7 atom stereocenters. The van der Waals surface area contributed by atoms with Gasteiger partial charge in [-0.2, -0.15) is 0 Å². The number of epoxide rings is 1. The van der Waals surface area contributed by atoms with E-state index >= 15 is 0 Å². The number of aliphatic hydroxyl groups is 1. The highest BCUT2D eigenvalue weighted by Crippen LogP contribution is 2.72. The maximum absolute atomic E-state index is 13.7. The molecule has 150 valence electrons. The van der Waals surface area contributed by atoms with E-state index < -0.39 is 35.9 Å². The predicted octanol–water partition coefficient (Wildman–Crippen LogP) is 3.99. The number of rotatable bonds is 5. The van der Waals surface area contributed by atoms with Gasteiger partial charge in [-0.05, 0) is 30.5 Å². The van der Waals surface area contributed by atoms with Gasteiger partial charge in [-0.3, -0.25) is 4.79 Å². The summed E-state index contributed by atoms with van der Waals surface area (Å²) in [5.74, 6) is 0.261. The summed E-state index contributed by atoms with van der Waals surface area (Å²) in [6.07, 6.45) is 6.18. The first kappa shape index (κ1) is 20.0. The van der Waals surface area contributed by atoms with Crippen LogP contribution in [0.25, 0.3) is 0 Å². The van der Waals surface area contributed by atoms with Crippen LogP contribution in [0.2, 0.25) is 18.1 Å². The minimum absolute atomic E-state index is 0.0678. The Morgan fingerprint density at radius 1 is 1.41 bits per heavy atom. The maximum Gasteiger partial charge on any atom is 0.192 e. The van der Waals surface area contributed by atoms with E-state index in [0.717, 1.165) is 6.42 Å². The molecule has 3 fully saturated rings. The highest BCUT2D eigenvalue weighted by atomic mass is 79.9. The highest BCUT2D eigenvalue weighted by molar-refractivity contribution is 9.10. The smallest absolute Gasteiger partial charge is 0.192 e. The van der Waals surface area contributed by atoms with Crippen molar-refractivity contribution in [3.63, 3.8) is 0 Å². The van der Waals surface area contributed by atoms with E-state index in [1.165, 1.54) is 0 Å². The third-order valence-corrected chi connectivity index (χ3v) is 14.3. The summed E-state index contributed by atoms with van der Waals surface area (Å²) < 4.78 is 11.7. The van der Waals surface area contributed by atoms with Gasteiger partial charge in [-0.1, -0.05) is 54.9 Å². The van der Waals surface area contributed by atoms with Crippen molar-refractivity contribution in [3.05, 3.63) is 24.8 Å². The zero-order chi connectivity index (χ0) is 20.0. The zero-order valence-electron chi connectivity index (χ0n) is 16.9. The van der Waals surface area contributed by atoms with Crippen molar-refractivity contribution >= 4 is 30.0 Å². The number of fused-ring (bicyclic) bond motifs is 6. The first-order chi connectivity index (χ1) is 12.4. The molecule has 0 radical (unpaired) electrons. The number of alkyl halides is 1. The molecule has 0 spiro atoms. The Labute approximate surface area is 171 Å². The van der Waals surface area contributed by atoms with E-state index in [2.05, 4.69) is 68.5 Å². The largest absolute Gasteiger partial charge is 0.416 e. The van der Waals surface area contributed by atoms with Crippen molar-refractivity contribution in [2.75, 3.05) is 6.61 Å². The molecule has 0 amide bonds. The van der Waals surface area contributed by atoms with Gasteiger partial charge in [0.05, 0.1) is 11.5 Å². The lowest BCUT2D eigenvalue weighted by Gasteiger charge is -2.54. The van der Waals surface area contributed by atoms with Gasteiger partial charge in [-0.15, -0.1) is 6.58 Å². The molecule has 1 saturated heterocycles. The van der Waals surface area contributed by atoms with Crippen LogP contribution in [0.5, 0.6) is 0 Å². The van der Waals surface area contributed by atoms with E-state index in [1.54, 1.807) is 6.08 Å². The molecule has 2 saturated carbocycles. The topological polar surface area (TPSA) is 59.1 Å². The summed E-state index contributed by atoms with van der Waals surface area (Å²) in [6.45, 7) is 15.2. The molecule has 4 rings (SSSR count). The molecule has 27 heavy (non-hydrogen) atoms. The van der Waals surface area contributed by atoms with Gasteiger partial charge in [0.1, 0.15) is 10.4 Å². The first-order valence-corrected chi connectivity index (χ1v) is 13.6. The van der Waals surface area contributed by atoms with E-state index in [4.69, 9.17) is 9.16 Å². The number of hydrogen-bond donors (Lipinski definition) is 1. The molecule has 0 aromatic heterocycles. The molecule has 1 aliphatic heterocycles. The Balaban J connectivity index is 1.75. The Morgan fingerprint density at radius 3 is 2.63 bits per heavy atom. The number of ketones is 1. The number of ether oxygens (including phenoxy) is 1. The fraction of sp³-hybridized carbons (Fsp3) is 0.762. The lowest BCUT2D eigenvalue weighted by Crippen LogP contribution is -2.69. The van der Waals surface area contributed by atoms with Crippen molar-refractivity contribution in [1.29, 1.82) is 0 Å². The number of halogens is 1. The zero-order valence-corrected chi connectivity index (χ0v) is 19.5. The monoisotopic (exact) mass is 454 g/mol. The van der Waals surface area contributed by atoms with E-state index in [1.807, 2.05) is 0 Å². The number of allylic oxidation sites excluding steroid dienone is 2. The van der Waals surface area contributed by atoms with Crippen LogP contribution in [0.15, 0.2) is 24.8 Å². The second kappa shape index (κ2) is 5.66. The summed E-state index contributed by atoms with van der Waals surface area (Å²) >= 11 is 3.89. The van der Waals surface area contributed by atoms with Crippen molar-refractivity contribution < 1.29 is 19.1 Å². The van der Waals surface area contributed by atoms with Crippen LogP contribution in [0.3, 0.4) is 0 Å². The fourth-order valence-electron chi connectivity index (χ4n) is 5.36. The van der Waals surface area contributed by atoms with E-state index in [9.17, 15) is 9.90 Å². The molecule has 0 aromatic rings. The Morgan fingerprint density at radius 2 is 2.04 bits per heavy atom. The second-order valence-corrected chi connectivity index (χ2v) is 16.4. The maximum atomic E-state index is 13.7. The Kier molecular flexibility index (Phi) is 4.19. The van der Waals surface area contributed by atoms with Gasteiger partial charge in [0.2, 0.25) is 0 Å². The minimum atomic E-state index is -2.03. The van der Waals surface area contributed by atoms with Gasteiger partial charge in [0.15, 0.2) is 19.7 Å². The van der Waals surface area contributed by atoms with Gasteiger partial charge in [0.25, 0.3) is 0 Å². The molecule has 2 bridgehead atoms. The van der Waals surface area contributed by atoms with Crippen LogP contribution in [-0.2, 0) is 14.0 Å². The normalized spacial score (nSPS) is 47.7. The van der Waals surface area contributed by atoms with Crippen LogP contribution in [-0.4, -0.2) is 47.9 Å². The summed E-state index contributed by atoms with van der Waals surface area (Å²) in [6, 6.07) is 0. The number of hydrogen-bond acceptors (Lipinski definition) is 4. The van der Waals surface area contributed by atoms with Crippen LogP contribution in [0.4, 0.5) is 0 Å². The quantitative estimate of drug-likeness (QED) is 0.295. The predicted molar refractivity (Wildman–Crippen MR) is 111 cm³/mol. The van der Waals surface area contributed by atoms with Gasteiger partial charge in [-0.25, -0.2) is 0 Å². The summed E-state index contributed by atoms with van der Waals surface area (Å²) in [4.78, 5) is 13.7. The SMILES string of the molecule is C=CC[C@@]12OC1[C@H](O)[C@@]1(CO[Si](C)(C)C(C)(C)C)[C@H]3C=C[C@H](C3)[C@@]1(Br)C2=O. The second-order valence-electron chi connectivity index (χ2n) is 10.3. The van der Waals surface area contributed by atoms with Crippen molar-refractivity contribution in [1.82, 2.24) is 0 Å². The molecule has 3 aliphatic carbocycles. The molecule has 1 heterocycles. The summed E-state index contributed by atoms with van der Waals surface area (Å²) in [5, 5.41) is 11.6. The average Bonchev–Trinajstić information content (AvgIpc) is 2.98. The summed E-state index contributed by atoms with van der Waals surface area (Å²) in [7, 11) is -2.03. The molecule has 4 nitrogen and oxygen atoms in total. The Bertz CT molecular complexity index is 728. The standard InChI is InChI=1S/C21H31BrO4Si/c1-7-10-20-16(26-20)15(23)19(12-25-27(5,6)18(2,3)4)13-8-9-14(11-13)21(19,22)17(20)24/h7-9,13-16,23H,1,10-12H2,2-6H3/t13-,14+,15-,16?,19+,20+,21+/m0/s1. The van der Waals surface area contributed by atoms with Crippen LogP contribution in [0.1, 0.15) is 33.6 Å². The number of aliphatic hydroxyl groups excluding tert-OH is 1. The van der Waals surface area contributed by atoms with Crippen molar-refractivity contribution in [2.24, 2.45) is 17.3 Å². The molecule has 1 unspecified atom stereocenters. The van der Waals surface area contributed by atoms with Crippen molar-refractivity contribution in [3.8, 4) is 0 Å². The molecular formula is C21H31BrO4Si. The van der Waals surface area contributed by atoms with Crippen LogP contribution >= 0.6 is 15.9 Å². The number of carbonyl (C=O) groups excluding carboxylic acids is 1. The van der Waals surface area contributed by atoms with Gasteiger partial charge in [0, 0.05) is 18.9 Å². The minimum Gasteiger partial charge on any atom is -0.416 e. The van der Waals surface area contributed by atoms with Crippen molar-refractivity contribution in [2.45, 2.75) is 73.9 Å². The molecule has 0 aromatic carbocycles. The first-order valence-electron chi connectivity index (χ1n) is 9.91. The molecule has 6 heteroatoms. The molecular weight excluding hydrogens is 424 g/mol. The third kappa shape index (κ3) is 2.22. The van der Waals surface area contributed by atoms with Gasteiger partial charge >= 0.3 is 0 Å². The lowest BCUT2D eigenvalue weighted by atomic mass is 9.56. The third-order valence-electron chi connectivity index (χ3n) is 8.13. The van der Waals surface area contributed by atoms with E-state index in [-0.39, 0.29) is 22.7 Å².